The Kier molecular flexibility index (Phi) is 2.49. The van der Waals surface area contributed by atoms with E-state index >= 15 is 0 Å². The average Bonchev–Trinajstić information content (AvgIpc) is 2.04. The van der Waals surface area contributed by atoms with Crippen LogP contribution in [0.2, 0.25) is 0 Å². The van der Waals surface area contributed by atoms with Crippen molar-refractivity contribution in [1.29, 1.82) is 5.26 Å². The van der Waals surface area contributed by atoms with E-state index in [0.29, 0.717) is 11.0 Å². The van der Waals surface area contributed by atoms with Gasteiger partial charge in [-0.2, -0.15) is 5.26 Å². The van der Waals surface area contributed by atoms with Crippen LogP contribution in [0.25, 0.3) is 0 Å². The smallest absolute Gasteiger partial charge is 0.298 e. The van der Waals surface area contributed by atoms with Crippen molar-refractivity contribution < 1.29 is 9.53 Å². The first kappa shape index (κ1) is 8.34. The van der Waals surface area contributed by atoms with Gasteiger partial charge in [-0.15, -0.1) is 0 Å². The lowest BCUT2D eigenvalue weighted by molar-refractivity contribution is -0.120. The Morgan fingerprint density at radius 3 is 2.83 bits per heavy atom. The minimum Gasteiger partial charge on any atom is -0.429 e. The summed E-state index contributed by atoms with van der Waals surface area (Å²) >= 11 is 0. The third-order valence-corrected chi connectivity index (χ3v) is 1.24. The fraction of sp³-hybridized carbons (Fsp3) is 0. The molecule has 0 aliphatic heterocycles. The first-order valence-electron chi connectivity index (χ1n) is 3.17. The Labute approximate surface area is 71.0 Å². The molecule has 1 aromatic carbocycles. The predicted molar refractivity (Wildman–Crippen MR) is 43.2 cm³/mol. The molecule has 1 aromatic rings. The zero-order valence-electron chi connectivity index (χ0n) is 6.15. The summed E-state index contributed by atoms with van der Waals surface area (Å²) in [6.45, 7) is 0.288. The highest BCUT2D eigenvalue weighted by atomic mass is 16.5. The Hall–Kier alpha value is -1.76. The van der Waals surface area contributed by atoms with Gasteiger partial charge in [0, 0.05) is 0 Å². The van der Waals surface area contributed by atoms with Crippen LogP contribution in [0.5, 0.6) is 5.75 Å². The van der Waals surface area contributed by atoms with Crippen LogP contribution in [0.4, 0.5) is 0 Å². The number of nitriles is 1. The normalized spacial score (nSPS) is 8.58. The van der Waals surface area contributed by atoms with Gasteiger partial charge in [0.15, 0.2) is 0 Å². The predicted octanol–water partition coefficient (Wildman–Crippen LogP) is -0.113. The molecule has 0 atom stereocenters. The second-order valence-electron chi connectivity index (χ2n) is 2.12. The highest BCUT2D eigenvalue weighted by molar-refractivity contribution is 6.32. The van der Waals surface area contributed by atoms with Crippen LogP contribution in [-0.4, -0.2) is 14.3 Å². The molecule has 2 radical (unpaired) electrons. The summed E-state index contributed by atoms with van der Waals surface area (Å²) in [5.41, 5.74) is 0.762. The quantitative estimate of drug-likeness (QED) is 0.444. The topological polar surface area (TPSA) is 50.1 Å². The second kappa shape index (κ2) is 3.58. The van der Waals surface area contributed by atoms with Crippen LogP contribution in [0.3, 0.4) is 0 Å². The van der Waals surface area contributed by atoms with Crippen LogP contribution < -0.4 is 10.2 Å². The van der Waals surface area contributed by atoms with Crippen LogP contribution in [-0.2, 0) is 4.79 Å². The SMILES string of the molecule is [B]c1cc(C#N)cc(OC=O)c1. The zero-order chi connectivity index (χ0) is 8.97. The Bertz CT molecular complexity index is 343. The van der Waals surface area contributed by atoms with Gasteiger partial charge >= 0.3 is 0 Å². The average molecular weight is 157 g/mol. The van der Waals surface area contributed by atoms with Gasteiger partial charge in [-0.1, -0.05) is 11.5 Å². The summed E-state index contributed by atoms with van der Waals surface area (Å²) in [6, 6.07) is 6.29. The minimum absolute atomic E-state index is 0.279. The number of nitrogens with zero attached hydrogens (tertiary/aromatic N) is 1. The first-order chi connectivity index (χ1) is 5.76. The summed E-state index contributed by atoms with van der Waals surface area (Å²) in [7, 11) is 5.42. The lowest BCUT2D eigenvalue weighted by atomic mass is 9.94. The number of rotatable bonds is 2. The monoisotopic (exact) mass is 157 g/mol. The standard InChI is InChI=1S/C8H4BNO2/c9-7-1-6(4-10)2-8(3-7)12-5-11/h1-3,5H. The Balaban J connectivity index is 3.07. The maximum atomic E-state index is 9.94. The molecule has 0 unspecified atom stereocenters. The van der Waals surface area contributed by atoms with Crippen molar-refractivity contribution in [3.8, 4) is 11.8 Å². The molecule has 0 amide bonds. The van der Waals surface area contributed by atoms with Crippen LogP contribution in [0.15, 0.2) is 18.2 Å². The van der Waals surface area contributed by atoms with E-state index in [4.69, 9.17) is 13.1 Å². The summed E-state index contributed by atoms with van der Waals surface area (Å²) in [4.78, 5) is 9.94. The van der Waals surface area contributed by atoms with Crippen molar-refractivity contribution in [3.05, 3.63) is 23.8 Å². The molecule has 4 heteroatoms. The van der Waals surface area contributed by atoms with Gasteiger partial charge < -0.3 is 4.74 Å². The van der Waals surface area contributed by atoms with Crippen LogP contribution in [0.1, 0.15) is 5.56 Å². The summed E-state index contributed by atoms with van der Waals surface area (Å²) < 4.78 is 4.52. The molecule has 12 heavy (non-hydrogen) atoms. The number of hydrogen-bond acceptors (Lipinski definition) is 3. The third-order valence-electron chi connectivity index (χ3n) is 1.24. The fourth-order valence-electron chi connectivity index (χ4n) is 0.810. The maximum absolute atomic E-state index is 9.94. The van der Waals surface area contributed by atoms with E-state index in [9.17, 15) is 4.79 Å². The van der Waals surface area contributed by atoms with Gasteiger partial charge in [0.05, 0.1) is 11.6 Å². The highest BCUT2D eigenvalue weighted by Gasteiger charge is 1.97. The molecule has 0 aliphatic carbocycles. The molecule has 1 rings (SSSR count). The van der Waals surface area contributed by atoms with Gasteiger partial charge in [-0.05, 0) is 12.1 Å². The van der Waals surface area contributed by atoms with Gasteiger partial charge in [0.25, 0.3) is 6.47 Å². The van der Waals surface area contributed by atoms with Gasteiger partial charge in [0.2, 0.25) is 0 Å². The largest absolute Gasteiger partial charge is 0.429 e. The molecule has 0 saturated carbocycles. The van der Waals surface area contributed by atoms with Crippen molar-refractivity contribution in [2.45, 2.75) is 0 Å². The number of carbonyl (C=O) groups excluding carboxylic acids is 1. The molecular formula is C8H4BNO2. The van der Waals surface area contributed by atoms with Gasteiger partial charge in [-0.25, -0.2) is 0 Å². The second-order valence-corrected chi connectivity index (χ2v) is 2.12. The molecule has 0 saturated heterocycles. The van der Waals surface area contributed by atoms with Crippen LogP contribution in [0, 0.1) is 11.3 Å². The van der Waals surface area contributed by atoms with E-state index in [1.54, 1.807) is 0 Å². The number of ether oxygens (including phenoxy) is 1. The zero-order valence-corrected chi connectivity index (χ0v) is 6.15. The van der Waals surface area contributed by atoms with Crippen molar-refractivity contribution in [2.75, 3.05) is 0 Å². The fourth-order valence-corrected chi connectivity index (χ4v) is 0.810. The summed E-state index contributed by atoms with van der Waals surface area (Å²) in [6.07, 6.45) is 0. The summed E-state index contributed by atoms with van der Waals surface area (Å²) in [5.74, 6) is 0.279. The van der Waals surface area contributed by atoms with Gasteiger partial charge in [0.1, 0.15) is 13.6 Å². The Morgan fingerprint density at radius 1 is 1.50 bits per heavy atom. The van der Waals surface area contributed by atoms with E-state index in [0.717, 1.165) is 0 Å². The lowest BCUT2D eigenvalue weighted by Crippen LogP contribution is -2.03. The highest BCUT2D eigenvalue weighted by Crippen LogP contribution is 2.09. The molecular weight excluding hydrogens is 153 g/mol. The number of carbonyl (C=O) groups is 1. The Morgan fingerprint density at radius 2 is 2.25 bits per heavy atom. The molecule has 0 heterocycles. The molecule has 0 bridgehead atoms. The van der Waals surface area contributed by atoms with Crippen molar-refractivity contribution in [3.63, 3.8) is 0 Å². The third kappa shape index (κ3) is 1.86. The van der Waals surface area contributed by atoms with E-state index in [1.165, 1.54) is 18.2 Å². The lowest BCUT2D eigenvalue weighted by Gasteiger charge is -1.99. The van der Waals surface area contributed by atoms with E-state index < -0.39 is 0 Å². The van der Waals surface area contributed by atoms with Gasteiger partial charge in [-0.3, -0.25) is 4.79 Å². The van der Waals surface area contributed by atoms with E-state index in [2.05, 4.69) is 4.74 Å². The van der Waals surface area contributed by atoms with E-state index in [-0.39, 0.29) is 12.2 Å². The number of hydrogen-bond donors (Lipinski definition) is 0. The molecule has 0 spiro atoms. The molecule has 3 nitrogen and oxygen atoms in total. The van der Waals surface area contributed by atoms with Crippen molar-refractivity contribution >= 4 is 19.8 Å². The molecule has 0 aromatic heterocycles. The van der Waals surface area contributed by atoms with Crippen molar-refractivity contribution in [1.82, 2.24) is 0 Å². The van der Waals surface area contributed by atoms with E-state index in [1.807, 2.05) is 6.07 Å². The summed E-state index contributed by atoms with van der Waals surface area (Å²) in [5, 5.41) is 8.51. The molecule has 0 fully saturated rings. The molecule has 56 valence electrons. The van der Waals surface area contributed by atoms with Crippen molar-refractivity contribution in [2.24, 2.45) is 0 Å². The molecule has 0 N–H and O–H groups in total. The number of benzene rings is 1. The van der Waals surface area contributed by atoms with Crippen LogP contribution >= 0.6 is 0 Å². The maximum Gasteiger partial charge on any atom is 0.298 e. The molecule has 0 aliphatic rings. The minimum atomic E-state index is 0.279. The first-order valence-corrected chi connectivity index (χ1v) is 3.17.